The molecule has 3 aromatic rings. The van der Waals surface area contributed by atoms with Gasteiger partial charge < -0.3 is 23.8 Å². The molecule has 6 nitrogen and oxygen atoms in total. The number of benzene rings is 2. The molecule has 0 aliphatic carbocycles. The number of carboxylic acid groups (broad SMARTS) is 1. The van der Waals surface area contributed by atoms with Gasteiger partial charge in [-0.15, -0.1) is 0 Å². The van der Waals surface area contributed by atoms with Crippen molar-refractivity contribution in [2.75, 3.05) is 6.79 Å². The summed E-state index contributed by atoms with van der Waals surface area (Å²) in [6, 6.07) is 9.47. The molecule has 2 aromatic carbocycles. The summed E-state index contributed by atoms with van der Waals surface area (Å²) < 4.78 is 16.6. The lowest BCUT2D eigenvalue weighted by atomic mass is 10.0. The standard InChI is InChI=1S/C19H14O6/c1-10-2-3-13-15(20)7-17(25-16(13)4-10)14-6-11(19(21)22)5-12-8-23-9-24-18(12)14/h2-7H,8-9H2,1H3,(H,21,22)/p-1. The Morgan fingerprint density at radius 3 is 2.80 bits per heavy atom. The van der Waals surface area contributed by atoms with Gasteiger partial charge in [-0.1, -0.05) is 6.07 Å². The summed E-state index contributed by atoms with van der Waals surface area (Å²) in [4.78, 5) is 23.7. The Morgan fingerprint density at radius 2 is 2.00 bits per heavy atom. The molecule has 0 radical (unpaired) electrons. The van der Waals surface area contributed by atoms with Crippen LogP contribution in [0.15, 0.2) is 45.6 Å². The maximum Gasteiger partial charge on any atom is 0.193 e. The van der Waals surface area contributed by atoms with Crippen molar-refractivity contribution in [3.63, 3.8) is 0 Å². The highest BCUT2D eigenvalue weighted by atomic mass is 16.7. The summed E-state index contributed by atoms with van der Waals surface area (Å²) in [6.07, 6.45) is 0. The van der Waals surface area contributed by atoms with E-state index >= 15 is 0 Å². The molecule has 1 aliphatic rings. The second-order valence-electron chi connectivity index (χ2n) is 5.88. The fourth-order valence-electron chi connectivity index (χ4n) is 2.91. The minimum atomic E-state index is -1.33. The molecule has 0 saturated carbocycles. The highest BCUT2D eigenvalue weighted by Gasteiger charge is 2.20. The van der Waals surface area contributed by atoms with E-state index < -0.39 is 5.97 Å². The number of aromatic carboxylic acids is 1. The number of carbonyl (C=O) groups excluding carboxylic acids is 1. The summed E-state index contributed by atoms with van der Waals surface area (Å²) in [5.41, 5.74) is 2.09. The van der Waals surface area contributed by atoms with E-state index in [1.54, 1.807) is 12.1 Å². The molecular weight excluding hydrogens is 324 g/mol. The third kappa shape index (κ3) is 2.66. The molecule has 4 rings (SSSR count). The zero-order chi connectivity index (χ0) is 17.6. The van der Waals surface area contributed by atoms with Crippen molar-refractivity contribution >= 4 is 16.9 Å². The second-order valence-corrected chi connectivity index (χ2v) is 5.88. The van der Waals surface area contributed by atoms with E-state index in [2.05, 4.69) is 0 Å². The minimum absolute atomic E-state index is 0.0326. The Bertz CT molecular complexity index is 1060. The van der Waals surface area contributed by atoms with Gasteiger partial charge in [-0.05, 0) is 42.3 Å². The number of fused-ring (bicyclic) bond motifs is 2. The van der Waals surface area contributed by atoms with Crippen LogP contribution in [0.25, 0.3) is 22.3 Å². The van der Waals surface area contributed by atoms with E-state index in [1.165, 1.54) is 18.2 Å². The third-order valence-corrected chi connectivity index (χ3v) is 4.10. The van der Waals surface area contributed by atoms with E-state index in [1.807, 2.05) is 13.0 Å². The molecule has 1 aromatic heterocycles. The van der Waals surface area contributed by atoms with Crippen molar-refractivity contribution in [2.24, 2.45) is 0 Å². The van der Waals surface area contributed by atoms with Gasteiger partial charge in [0.15, 0.2) is 12.2 Å². The molecular formula is C19H13O6-. The topological polar surface area (TPSA) is 88.8 Å². The molecule has 0 atom stereocenters. The Kier molecular flexibility index (Phi) is 3.54. The molecule has 0 fully saturated rings. The van der Waals surface area contributed by atoms with E-state index in [9.17, 15) is 14.7 Å². The zero-order valence-electron chi connectivity index (χ0n) is 13.3. The Labute approximate surface area is 142 Å². The first kappa shape index (κ1) is 15.4. The van der Waals surface area contributed by atoms with Crippen LogP contribution in [0.1, 0.15) is 21.5 Å². The lowest BCUT2D eigenvalue weighted by molar-refractivity contribution is -0.255. The molecule has 0 saturated heterocycles. The number of carbonyl (C=O) groups is 1. The van der Waals surface area contributed by atoms with Gasteiger partial charge in [0, 0.05) is 11.6 Å². The van der Waals surface area contributed by atoms with Gasteiger partial charge in [0.05, 0.1) is 23.5 Å². The van der Waals surface area contributed by atoms with Crippen molar-refractivity contribution in [3.05, 3.63) is 63.3 Å². The van der Waals surface area contributed by atoms with Gasteiger partial charge >= 0.3 is 0 Å². The fourth-order valence-corrected chi connectivity index (χ4v) is 2.91. The van der Waals surface area contributed by atoms with Crippen molar-refractivity contribution in [1.82, 2.24) is 0 Å². The maximum absolute atomic E-state index is 12.4. The van der Waals surface area contributed by atoms with Gasteiger partial charge in [0.25, 0.3) is 0 Å². The largest absolute Gasteiger partial charge is 0.545 e. The number of aryl methyl sites for hydroxylation is 1. The first-order chi connectivity index (χ1) is 12.0. The summed E-state index contributed by atoms with van der Waals surface area (Å²) >= 11 is 0. The Balaban J connectivity index is 2.00. The first-order valence-electron chi connectivity index (χ1n) is 7.66. The fraction of sp³-hybridized carbons (Fsp3) is 0.158. The molecule has 6 heteroatoms. The monoisotopic (exact) mass is 337 g/mol. The van der Waals surface area contributed by atoms with Crippen LogP contribution in [0, 0.1) is 6.92 Å². The molecule has 0 amide bonds. The molecule has 25 heavy (non-hydrogen) atoms. The van der Waals surface area contributed by atoms with Crippen molar-refractivity contribution in [3.8, 4) is 17.1 Å². The van der Waals surface area contributed by atoms with E-state index in [0.717, 1.165) is 5.56 Å². The van der Waals surface area contributed by atoms with Gasteiger partial charge in [-0.2, -0.15) is 0 Å². The molecule has 2 heterocycles. The van der Waals surface area contributed by atoms with Crippen LogP contribution in [-0.2, 0) is 11.3 Å². The van der Waals surface area contributed by atoms with E-state index in [-0.39, 0.29) is 30.2 Å². The molecule has 0 spiro atoms. The van der Waals surface area contributed by atoms with Crippen LogP contribution in [-0.4, -0.2) is 12.8 Å². The average molecular weight is 337 g/mol. The predicted molar refractivity (Wildman–Crippen MR) is 87.3 cm³/mol. The van der Waals surface area contributed by atoms with Gasteiger partial charge in [-0.3, -0.25) is 4.79 Å². The van der Waals surface area contributed by atoms with Crippen molar-refractivity contribution in [1.29, 1.82) is 0 Å². The van der Waals surface area contributed by atoms with E-state index in [4.69, 9.17) is 13.9 Å². The molecule has 1 aliphatic heterocycles. The zero-order valence-corrected chi connectivity index (χ0v) is 13.3. The number of ether oxygens (including phenoxy) is 2. The van der Waals surface area contributed by atoms with Gasteiger partial charge in [0.2, 0.25) is 0 Å². The molecule has 0 N–H and O–H groups in total. The summed E-state index contributed by atoms with van der Waals surface area (Å²) in [6.45, 7) is 2.15. The Hall–Kier alpha value is -3.12. The van der Waals surface area contributed by atoms with Crippen LogP contribution < -0.4 is 15.3 Å². The number of rotatable bonds is 2. The van der Waals surface area contributed by atoms with Crippen LogP contribution >= 0.6 is 0 Å². The third-order valence-electron chi connectivity index (χ3n) is 4.10. The van der Waals surface area contributed by atoms with Gasteiger partial charge in [0.1, 0.15) is 17.1 Å². The SMILES string of the molecule is Cc1ccc2c(=O)cc(-c3cc(C(=O)[O-])cc4c3OCOC4)oc2c1. The van der Waals surface area contributed by atoms with Crippen LogP contribution in [0.2, 0.25) is 0 Å². The van der Waals surface area contributed by atoms with Crippen molar-refractivity contribution in [2.45, 2.75) is 13.5 Å². The van der Waals surface area contributed by atoms with Crippen LogP contribution in [0.5, 0.6) is 5.75 Å². The highest BCUT2D eigenvalue weighted by molar-refractivity contribution is 5.90. The normalized spacial score (nSPS) is 13.3. The van der Waals surface area contributed by atoms with E-state index in [0.29, 0.717) is 27.8 Å². The predicted octanol–water partition coefficient (Wildman–Crippen LogP) is 2.00. The average Bonchev–Trinajstić information content (AvgIpc) is 2.60. The quantitative estimate of drug-likeness (QED) is 0.710. The first-order valence-corrected chi connectivity index (χ1v) is 7.66. The molecule has 126 valence electrons. The smallest absolute Gasteiger partial charge is 0.193 e. The molecule has 0 bridgehead atoms. The summed E-state index contributed by atoms with van der Waals surface area (Å²) in [5.74, 6) is -0.635. The van der Waals surface area contributed by atoms with Crippen LogP contribution in [0.3, 0.4) is 0 Å². The number of hydrogen-bond acceptors (Lipinski definition) is 6. The lowest BCUT2D eigenvalue weighted by Gasteiger charge is -2.22. The summed E-state index contributed by atoms with van der Waals surface area (Å²) in [5, 5.41) is 11.8. The Morgan fingerprint density at radius 1 is 1.16 bits per heavy atom. The summed E-state index contributed by atoms with van der Waals surface area (Å²) in [7, 11) is 0. The minimum Gasteiger partial charge on any atom is -0.545 e. The molecule has 0 unspecified atom stereocenters. The lowest BCUT2D eigenvalue weighted by Crippen LogP contribution is -2.23. The highest BCUT2D eigenvalue weighted by Crippen LogP contribution is 2.37. The van der Waals surface area contributed by atoms with Crippen molar-refractivity contribution < 1.29 is 23.8 Å². The number of hydrogen-bond donors (Lipinski definition) is 0. The van der Waals surface area contributed by atoms with Crippen LogP contribution in [0.4, 0.5) is 0 Å². The maximum atomic E-state index is 12.4. The second kappa shape index (κ2) is 5.75. The van der Waals surface area contributed by atoms with Gasteiger partial charge in [-0.25, -0.2) is 0 Å². The number of carboxylic acids is 1.